The fraction of sp³-hybridized carbons (Fsp3) is 0.265. The minimum Gasteiger partial charge on any atom is -0.497 e. The van der Waals surface area contributed by atoms with Gasteiger partial charge in [-0.15, -0.1) is 0 Å². The molecule has 1 aliphatic rings. The molecule has 0 spiro atoms. The Balaban J connectivity index is 1.53. The normalized spacial score (nSPS) is 19.5. The van der Waals surface area contributed by atoms with E-state index < -0.39 is 50.4 Å². The Bertz CT molecular complexity index is 2200. The Kier molecular flexibility index (Phi) is 9.75. The second-order valence-electron chi connectivity index (χ2n) is 11.6. The molecule has 2 N–H and O–H groups in total. The molecule has 3 heterocycles. The van der Waals surface area contributed by atoms with Gasteiger partial charge in [0.25, 0.3) is 20.2 Å². The summed E-state index contributed by atoms with van der Waals surface area (Å²) in [6, 6.07) is 23.6. The minimum atomic E-state index is -4.27. The van der Waals surface area contributed by atoms with Gasteiger partial charge in [0.2, 0.25) is 0 Å². The van der Waals surface area contributed by atoms with E-state index in [9.17, 15) is 16.8 Å². The van der Waals surface area contributed by atoms with Crippen molar-refractivity contribution in [3.63, 3.8) is 0 Å². The van der Waals surface area contributed by atoms with Gasteiger partial charge >= 0.3 is 0 Å². The maximum atomic E-state index is 12.8. The average Bonchev–Trinajstić information content (AvgIpc) is 3.68. The van der Waals surface area contributed by atoms with Crippen LogP contribution in [0.1, 0.15) is 22.9 Å². The zero-order valence-electron chi connectivity index (χ0n) is 27.9. The predicted octanol–water partition coefficient (Wildman–Crippen LogP) is 3.54. The van der Waals surface area contributed by atoms with Crippen molar-refractivity contribution in [1.82, 2.24) is 19.5 Å². The third-order valence-electron chi connectivity index (χ3n) is 8.20. The number of nitrogens with two attached hydrogens (primary N) is 1. The third kappa shape index (κ3) is 7.24. The number of aromatic nitrogens is 4. The van der Waals surface area contributed by atoms with Crippen LogP contribution in [-0.4, -0.2) is 81.4 Å². The van der Waals surface area contributed by atoms with Gasteiger partial charge in [-0.1, -0.05) is 61.2 Å². The molecule has 0 amide bonds. The molecule has 0 unspecified atom stereocenters. The van der Waals surface area contributed by atoms with Crippen molar-refractivity contribution in [2.45, 2.75) is 30.1 Å². The lowest BCUT2D eigenvalue weighted by atomic mass is 9.79. The highest BCUT2D eigenvalue weighted by Gasteiger charge is 2.54. The number of rotatable bonds is 13. The van der Waals surface area contributed by atoms with E-state index >= 15 is 0 Å². The number of imidazole rings is 1. The maximum Gasteiger partial charge on any atom is 0.264 e. The van der Waals surface area contributed by atoms with Gasteiger partial charge in [0, 0.05) is 16.7 Å². The largest absolute Gasteiger partial charge is 0.497 e. The number of nitrogen functional groups attached to an aromatic ring is 1. The fourth-order valence-electron chi connectivity index (χ4n) is 6.05. The van der Waals surface area contributed by atoms with Crippen molar-refractivity contribution >= 4 is 37.2 Å². The van der Waals surface area contributed by atoms with Crippen molar-refractivity contribution in [2.75, 3.05) is 32.5 Å². The number of hydrogen-bond donors (Lipinski definition) is 1. The minimum absolute atomic E-state index is 0.0529. The van der Waals surface area contributed by atoms with E-state index in [1.165, 1.54) is 17.2 Å². The summed E-state index contributed by atoms with van der Waals surface area (Å²) in [5.41, 5.74) is 6.84. The molecule has 17 heteroatoms. The SMILES string of the molecule is C=C(OC(c1ccccc1)(c1ccc(OC)cc1)c1ccc(OC)cc1)[C@H]1O[C@@H](n2cnc3c(N)ncnc32)[C@H](OS(C)(=O)=O)[C@@H]1OS(C)(=O)=O. The number of nitrogens with zero attached hydrogens (tertiary/aromatic N) is 4. The molecule has 268 valence electrons. The molecule has 51 heavy (non-hydrogen) atoms. The lowest BCUT2D eigenvalue weighted by Gasteiger charge is -2.38. The summed E-state index contributed by atoms with van der Waals surface area (Å²) in [4.78, 5) is 12.5. The van der Waals surface area contributed by atoms with Crippen molar-refractivity contribution in [3.8, 4) is 11.5 Å². The predicted molar refractivity (Wildman–Crippen MR) is 186 cm³/mol. The molecule has 0 radical (unpaired) electrons. The van der Waals surface area contributed by atoms with Crippen LogP contribution in [0.4, 0.5) is 5.82 Å². The van der Waals surface area contributed by atoms with Crippen LogP contribution >= 0.6 is 0 Å². The molecule has 5 aromatic rings. The number of ether oxygens (including phenoxy) is 4. The van der Waals surface area contributed by atoms with Crippen LogP contribution in [0.2, 0.25) is 0 Å². The van der Waals surface area contributed by atoms with Crippen LogP contribution in [0, 0.1) is 0 Å². The van der Waals surface area contributed by atoms with Crippen LogP contribution in [0.5, 0.6) is 11.5 Å². The molecule has 6 rings (SSSR count). The Hall–Kier alpha value is -5.07. The van der Waals surface area contributed by atoms with Gasteiger partial charge in [0.1, 0.15) is 41.3 Å². The van der Waals surface area contributed by atoms with E-state index in [1.54, 1.807) is 38.5 Å². The molecule has 15 nitrogen and oxygen atoms in total. The topological polar surface area (TPSA) is 193 Å². The number of benzene rings is 3. The molecular weight excluding hydrogens is 703 g/mol. The van der Waals surface area contributed by atoms with Crippen LogP contribution in [0.25, 0.3) is 11.2 Å². The standard InChI is InChI=1S/C34H35N5O10S2/c1-21(47-34(22-9-7-6-8-10-22,23-11-15-25(44-2)16-12-23)24-13-17-26(45-3)18-14-24)28-29(48-50(4,40)41)30(49-51(5,42)43)33(46-28)39-20-38-27-31(35)36-19-37-32(27)39/h6-20,28-30,33H,1H2,2-5H3,(H2,35,36,37)/t28-,29-,30-,33-/m1/s1. The second kappa shape index (κ2) is 13.9. The first kappa shape index (κ1) is 35.7. The van der Waals surface area contributed by atoms with Gasteiger partial charge in [0.05, 0.1) is 33.1 Å². The molecule has 2 aromatic heterocycles. The Morgan fingerprint density at radius 2 is 1.31 bits per heavy atom. The molecule has 3 aromatic carbocycles. The summed E-state index contributed by atoms with van der Waals surface area (Å²) in [7, 11) is -5.41. The third-order valence-corrected chi connectivity index (χ3v) is 9.34. The lowest BCUT2D eigenvalue weighted by Crippen LogP contribution is -2.42. The zero-order chi connectivity index (χ0) is 36.6. The number of anilines is 1. The van der Waals surface area contributed by atoms with Gasteiger partial charge in [-0.25, -0.2) is 15.0 Å². The molecule has 1 saturated heterocycles. The summed E-state index contributed by atoms with van der Waals surface area (Å²) in [5, 5.41) is 0. The summed E-state index contributed by atoms with van der Waals surface area (Å²) in [6.45, 7) is 4.22. The Labute approximate surface area is 294 Å². The molecule has 4 atom stereocenters. The van der Waals surface area contributed by atoms with E-state index in [1.807, 2.05) is 54.6 Å². The second-order valence-corrected chi connectivity index (χ2v) is 14.8. The van der Waals surface area contributed by atoms with Gasteiger partial charge < -0.3 is 24.7 Å². The van der Waals surface area contributed by atoms with Crippen LogP contribution < -0.4 is 15.2 Å². The summed E-state index contributed by atoms with van der Waals surface area (Å²) in [6.07, 6.45) is -1.95. The first-order valence-corrected chi connectivity index (χ1v) is 18.9. The number of methoxy groups -OCH3 is 2. The lowest BCUT2D eigenvalue weighted by molar-refractivity contribution is -0.0512. The molecule has 0 aliphatic carbocycles. The highest BCUT2D eigenvalue weighted by atomic mass is 32.2. The number of fused-ring (bicyclic) bond motifs is 1. The quantitative estimate of drug-likeness (QED) is 0.105. The van der Waals surface area contributed by atoms with Crippen molar-refractivity contribution in [2.24, 2.45) is 0 Å². The van der Waals surface area contributed by atoms with E-state index in [2.05, 4.69) is 21.5 Å². The number of hydrogen-bond acceptors (Lipinski definition) is 14. The van der Waals surface area contributed by atoms with E-state index in [0.29, 0.717) is 28.2 Å². The van der Waals surface area contributed by atoms with E-state index in [4.69, 9.17) is 33.0 Å². The van der Waals surface area contributed by atoms with Crippen molar-refractivity contribution < 1.29 is 44.1 Å². The molecule has 0 bridgehead atoms. The van der Waals surface area contributed by atoms with E-state index in [0.717, 1.165) is 12.5 Å². The highest BCUT2D eigenvalue weighted by Crippen LogP contribution is 2.46. The monoisotopic (exact) mass is 737 g/mol. The van der Waals surface area contributed by atoms with Gasteiger partial charge in [0.15, 0.2) is 29.4 Å². The van der Waals surface area contributed by atoms with Crippen molar-refractivity contribution in [3.05, 3.63) is 121 Å². The zero-order valence-corrected chi connectivity index (χ0v) is 29.6. The van der Waals surface area contributed by atoms with Gasteiger partial charge in [-0.2, -0.15) is 16.8 Å². The Morgan fingerprint density at radius 3 is 1.84 bits per heavy atom. The Morgan fingerprint density at radius 1 is 0.784 bits per heavy atom. The first-order valence-electron chi connectivity index (χ1n) is 15.3. The van der Waals surface area contributed by atoms with Crippen LogP contribution in [-0.2, 0) is 43.7 Å². The maximum absolute atomic E-state index is 12.8. The highest BCUT2D eigenvalue weighted by molar-refractivity contribution is 7.86. The fourth-order valence-corrected chi connectivity index (χ4v) is 7.27. The first-order chi connectivity index (χ1) is 24.2. The average molecular weight is 738 g/mol. The van der Waals surface area contributed by atoms with Gasteiger partial charge in [-0.3, -0.25) is 12.9 Å². The van der Waals surface area contributed by atoms with Crippen LogP contribution in [0.3, 0.4) is 0 Å². The summed E-state index contributed by atoms with van der Waals surface area (Å²) in [5.74, 6) is 1.12. The van der Waals surface area contributed by atoms with Crippen LogP contribution in [0.15, 0.2) is 104 Å². The molecule has 1 aliphatic heterocycles. The van der Waals surface area contributed by atoms with Crippen molar-refractivity contribution in [1.29, 1.82) is 0 Å². The van der Waals surface area contributed by atoms with Gasteiger partial charge in [-0.05, 0) is 24.3 Å². The smallest absolute Gasteiger partial charge is 0.264 e. The summed E-state index contributed by atoms with van der Waals surface area (Å²) >= 11 is 0. The molecule has 0 saturated carbocycles. The molecular formula is C34H35N5O10S2. The molecule has 1 fully saturated rings. The summed E-state index contributed by atoms with van der Waals surface area (Å²) < 4.78 is 87.5. The van der Waals surface area contributed by atoms with E-state index in [-0.39, 0.29) is 22.7 Å².